The minimum Gasteiger partial charge on any atom is -0.381 e. The molecule has 2 aromatic rings. The van der Waals surface area contributed by atoms with Crippen LogP contribution in [-0.2, 0) is 6.54 Å². The molecule has 0 unspecified atom stereocenters. The highest BCUT2D eigenvalue weighted by atomic mass is 79.9. The van der Waals surface area contributed by atoms with Crippen LogP contribution >= 0.6 is 27.5 Å². The van der Waals surface area contributed by atoms with Crippen molar-refractivity contribution in [2.45, 2.75) is 6.54 Å². The van der Waals surface area contributed by atoms with E-state index in [0.29, 0.717) is 20.7 Å². The number of nitrogens with one attached hydrogen (secondary N) is 1. The van der Waals surface area contributed by atoms with Crippen LogP contribution in [-0.4, -0.2) is 4.92 Å². The third kappa shape index (κ3) is 3.26. The Hall–Kier alpha value is -1.66. The third-order valence-corrected chi connectivity index (χ3v) is 3.68. The summed E-state index contributed by atoms with van der Waals surface area (Å²) in [4.78, 5) is 10.4. The van der Waals surface area contributed by atoms with Crippen LogP contribution in [0.15, 0.2) is 40.9 Å². The van der Waals surface area contributed by atoms with Gasteiger partial charge >= 0.3 is 0 Å². The van der Waals surface area contributed by atoms with Crippen molar-refractivity contribution in [1.29, 1.82) is 0 Å². The van der Waals surface area contributed by atoms with Crippen LogP contribution in [0.3, 0.4) is 0 Å². The summed E-state index contributed by atoms with van der Waals surface area (Å²) in [5, 5.41) is 14.1. The van der Waals surface area contributed by atoms with E-state index in [9.17, 15) is 14.5 Å². The molecule has 0 aromatic heterocycles. The summed E-state index contributed by atoms with van der Waals surface area (Å²) in [6, 6.07) is 8.99. The van der Waals surface area contributed by atoms with Crippen LogP contribution in [0.25, 0.3) is 0 Å². The average Bonchev–Trinajstić information content (AvgIpc) is 2.40. The zero-order valence-electron chi connectivity index (χ0n) is 10.1. The third-order valence-electron chi connectivity index (χ3n) is 2.68. The van der Waals surface area contributed by atoms with Crippen molar-refractivity contribution in [2.24, 2.45) is 0 Å². The minimum atomic E-state index is -0.495. The molecule has 4 nitrogen and oxygen atoms in total. The SMILES string of the molecule is O=[N+]([O-])c1cccc(Cl)c1CNc1ccc(Br)c(F)c1. The van der Waals surface area contributed by atoms with Gasteiger partial charge in [0, 0.05) is 18.3 Å². The lowest BCUT2D eigenvalue weighted by Gasteiger charge is -2.09. The number of nitro benzene ring substituents is 1. The van der Waals surface area contributed by atoms with Gasteiger partial charge in [-0.05, 0) is 40.2 Å². The van der Waals surface area contributed by atoms with Gasteiger partial charge in [0.1, 0.15) is 5.82 Å². The Bertz CT molecular complexity index is 667. The molecule has 1 N–H and O–H groups in total. The first-order valence-electron chi connectivity index (χ1n) is 5.59. The molecule has 2 aromatic carbocycles. The molecule has 0 aliphatic heterocycles. The lowest BCUT2D eigenvalue weighted by atomic mass is 10.1. The molecular weight excluding hydrogens is 351 g/mol. The van der Waals surface area contributed by atoms with E-state index < -0.39 is 10.7 Å². The predicted molar refractivity (Wildman–Crippen MR) is 79.5 cm³/mol. The van der Waals surface area contributed by atoms with Crippen LogP contribution in [0.5, 0.6) is 0 Å². The molecule has 20 heavy (non-hydrogen) atoms. The van der Waals surface area contributed by atoms with E-state index in [1.165, 1.54) is 18.2 Å². The van der Waals surface area contributed by atoms with Gasteiger partial charge in [0.25, 0.3) is 5.69 Å². The van der Waals surface area contributed by atoms with Gasteiger partial charge < -0.3 is 5.32 Å². The molecule has 2 rings (SSSR count). The minimum absolute atomic E-state index is 0.0671. The molecule has 104 valence electrons. The summed E-state index contributed by atoms with van der Waals surface area (Å²) in [5.41, 5.74) is 0.810. The van der Waals surface area contributed by atoms with Crippen LogP contribution in [0.4, 0.5) is 15.8 Å². The summed E-state index contributed by atoms with van der Waals surface area (Å²) in [7, 11) is 0. The van der Waals surface area contributed by atoms with Gasteiger partial charge in [-0.25, -0.2) is 4.39 Å². The fourth-order valence-electron chi connectivity index (χ4n) is 1.69. The summed E-state index contributed by atoms with van der Waals surface area (Å²) >= 11 is 9.02. The van der Waals surface area contributed by atoms with Crippen LogP contribution < -0.4 is 5.32 Å². The van der Waals surface area contributed by atoms with Gasteiger partial charge in [-0.3, -0.25) is 10.1 Å². The quantitative estimate of drug-likeness (QED) is 0.632. The molecule has 7 heteroatoms. The van der Waals surface area contributed by atoms with Crippen molar-refractivity contribution >= 4 is 38.9 Å². The highest BCUT2D eigenvalue weighted by Crippen LogP contribution is 2.27. The molecule has 0 radical (unpaired) electrons. The first-order chi connectivity index (χ1) is 9.49. The number of nitrogens with zero attached hydrogens (tertiary/aromatic N) is 1. The van der Waals surface area contributed by atoms with E-state index in [4.69, 9.17) is 11.6 Å². The predicted octanol–water partition coefficient (Wildman–Crippen LogP) is 4.76. The van der Waals surface area contributed by atoms with Crippen molar-refractivity contribution in [3.05, 3.63) is 67.4 Å². The Kier molecular flexibility index (Phi) is 4.57. The van der Waals surface area contributed by atoms with Crippen molar-refractivity contribution in [1.82, 2.24) is 0 Å². The number of nitro groups is 1. The Morgan fingerprint density at radius 2 is 2.10 bits per heavy atom. The van der Waals surface area contributed by atoms with E-state index >= 15 is 0 Å². The maximum absolute atomic E-state index is 13.4. The van der Waals surface area contributed by atoms with E-state index in [0.717, 1.165) is 0 Å². The molecular formula is C13H9BrClFN2O2. The van der Waals surface area contributed by atoms with E-state index in [2.05, 4.69) is 21.2 Å². The van der Waals surface area contributed by atoms with Gasteiger partial charge in [-0.15, -0.1) is 0 Å². The fourth-order valence-corrected chi connectivity index (χ4v) is 2.17. The second-order valence-electron chi connectivity index (χ2n) is 3.98. The molecule has 0 amide bonds. The van der Waals surface area contributed by atoms with Crippen LogP contribution in [0.1, 0.15) is 5.56 Å². The molecule has 0 aliphatic rings. The molecule has 0 saturated heterocycles. The van der Waals surface area contributed by atoms with Gasteiger partial charge in [0.2, 0.25) is 0 Å². The Morgan fingerprint density at radius 1 is 1.35 bits per heavy atom. The highest BCUT2D eigenvalue weighted by Gasteiger charge is 2.16. The highest BCUT2D eigenvalue weighted by molar-refractivity contribution is 9.10. The topological polar surface area (TPSA) is 55.2 Å². The first kappa shape index (κ1) is 14.7. The van der Waals surface area contributed by atoms with Crippen LogP contribution in [0, 0.1) is 15.9 Å². The van der Waals surface area contributed by atoms with Crippen molar-refractivity contribution in [3.8, 4) is 0 Å². The summed E-state index contributed by atoms with van der Waals surface area (Å²) in [6.07, 6.45) is 0. The summed E-state index contributed by atoms with van der Waals surface area (Å²) in [6.45, 7) is 0.136. The number of hydrogen-bond donors (Lipinski definition) is 1. The van der Waals surface area contributed by atoms with Crippen molar-refractivity contribution in [2.75, 3.05) is 5.32 Å². The molecule has 0 saturated carbocycles. The standard InChI is InChI=1S/C13H9BrClFN2O2/c14-10-5-4-8(6-12(10)16)17-7-9-11(15)2-1-3-13(9)18(19)20/h1-6,17H,7H2. The number of rotatable bonds is 4. The van der Waals surface area contributed by atoms with E-state index in [1.807, 2.05) is 0 Å². The molecule has 0 spiro atoms. The monoisotopic (exact) mass is 358 g/mol. The lowest BCUT2D eigenvalue weighted by molar-refractivity contribution is -0.385. The number of benzene rings is 2. The fraction of sp³-hybridized carbons (Fsp3) is 0.0769. The van der Waals surface area contributed by atoms with Crippen molar-refractivity contribution in [3.63, 3.8) is 0 Å². The number of anilines is 1. The molecule has 0 aliphatic carbocycles. The van der Waals surface area contributed by atoms with E-state index in [1.54, 1.807) is 18.2 Å². The Labute approximate surface area is 127 Å². The smallest absolute Gasteiger partial charge is 0.275 e. The largest absolute Gasteiger partial charge is 0.381 e. The molecule has 0 bridgehead atoms. The molecule has 0 fully saturated rings. The number of halogens is 3. The van der Waals surface area contributed by atoms with Crippen molar-refractivity contribution < 1.29 is 9.31 Å². The molecule has 0 atom stereocenters. The average molecular weight is 360 g/mol. The van der Waals surface area contributed by atoms with Gasteiger partial charge in [-0.2, -0.15) is 0 Å². The molecule has 0 heterocycles. The van der Waals surface area contributed by atoms with Gasteiger partial charge in [0.15, 0.2) is 0 Å². The second kappa shape index (κ2) is 6.19. The van der Waals surface area contributed by atoms with E-state index in [-0.39, 0.29) is 12.2 Å². The normalized spacial score (nSPS) is 10.3. The summed E-state index contributed by atoms with van der Waals surface area (Å²) in [5.74, 6) is -0.413. The maximum atomic E-state index is 13.4. The second-order valence-corrected chi connectivity index (χ2v) is 5.24. The van der Waals surface area contributed by atoms with Gasteiger partial charge in [0.05, 0.1) is 20.0 Å². The zero-order valence-corrected chi connectivity index (χ0v) is 12.4. The summed E-state index contributed by atoms with van der Waals surface area (Å²) < 4.78 is 13.7. The van der Waals surface area contributed by atoms with Gasteiger partial charge in [-0.1, -0.05) is 17.7 Å². The maximum Gasteiger partial charge on any atom is 0.275 e. The number of hydrogen-bond acceptors (Lipinski definition) is 3. The first-order valence-corrected chi connectivity index (χ1v) is 6.77. The Balaban J connectivity index is 2.22. The Morgan fingerprint density at radius 3 is 2.75 bits per heavy atom. The zero-order chi connectivity index (χ0) is 14.7. The lowest BCUT2D eigenvalue weighted by Crippen LogP contribution is -2.04. The van der Waals surface area contributed by atoms with Crippen LogP contribution in [0.2, 0.25) is 5.02 Å².